The molecular formula is C25H22N2O4. The van der Waals surface area contributed by atoms with Crippen LogP contribution in [0.2, 0.25) is 0 Å². The number of pyridine rings is 1. The average Bonchev–Trinajstić information content (AvgIpc) is 3.12. The summed E-state index contributed by atoms with van der Waals surface area (Å²) < 4.78 is 2.05. The Hall–Kier alpha value is -3.93. The second-order valence-corrected chi connectivity index (χ2v) is 7.49. The third kappa shape index (κ3) is 3.80. The lowest BCUT2D eigenvalue weighted by Gasteiger charge is -2.11. The summed E-state index contributed by atoms with van der Waals surface area (Å²) in [4.78, 5) is 27.4. The standard InChI is InChI=1S/C25H22N2O4/c1-3-18-13-21-15(2)12-22(25(30)31)26-23(21)27(18)14-16-8-10-17(11-9-16)19-6-4-5-7-20(19)24(28)29/h4-13H,3,14H2,1-2H3,(H,28,29)(H,30,31). The summed E-state index contributed by atoms with van der Waals surface area (Å²) in [7, 11) is 0. The summed E-state index contributed by atoms with van der Waals surface area (Å²) >= 11 is 0. The normalized spacial score (nSPS) is 11.0. The van der Waals surface area contributed by atoms with Gasteiger partial charge in [0.2, 0.25) is 0 Å². The van der Waals surface area contributed by atoms with Gasteiger partial charge in [0, 0.05) is 17.6 Å². The second kappa shape index (κ2) is 8.07. The van der Waals surface area contributed by atoms with Crippen LogP contribution in [-0.2, 0) is 13.0 Å². The first-order valence-corrected chi connectivity index (χ1v) is 10.0. The van der Waals surface area contributed by atoms with Crippen LogP contribution in [0, 0.1) is 6.92 Å². The van der Waals surface area contributed by atoms with E-state index in [0.717, 1.165) is 34.2 Å². The Kier molecular flexibility index (Phi) is 5.29. The molecule has 2 aromatic heterocycles. The largest absolute Gasteiger partial charge is 0.478 e. The Bertz CT molecular complexity index is 1300. The number of nitrogens with zero attached hydrogens (tertiary/aromatic N) is 2. The molecule has 6 nitrogen and oxygen atoms in total. The van der Waals surface area contributed by atoms with E-state index in [9.17, 15) is 19.8 Å². The molecule has 4 aromatic rings. The number of rotatable bonds is 6. The molecule has 4 rings (SSSR count). The highest BCUT2D eigenvalue weighted by Crippen LogP contribution is 2.27. The lowest BCUT2D eigenvalue weighted by atomic mass is 9.99. The van der Waals surface area contributed by atoms with Gasteiger partial charge in [-0.1, -0.05) is 49.4 Å². The van der Waals surface area contributed by atoms with E-state index in [4.69, 9.17) is 0 Å². The van der Waals surface area contributed by atoms with Gasteiger partial charge >= 0.3 is 11.9 Å². The molecule has 0 fully saturated rings. The minimum absolute atomic E-state index is 0.0348. The number of carboxylic acids is 2. The van der Waals surface area contributed by atoms with Crippen molar-refractivity contribution in [2.24, 2.45) is 0 Å². The molecule has 2 aromatic carbocycles. The number of aryl methyl sites for hydroxylation is 2. The van der Waals surface area contributed by atoms with E-state index in [2.05, 4.69) is 22.5 Å². The minimum atomic E-state index is -1.04. The highest BCUT2D eigenvalue weighted by molar-refractivity contribution is 5.96. The maximum absolute atomic E-state index is 11.5. The van der Waals surface area contributed by atoms with E-state index in [0.29, 0.717) is 17.8 Å². The van der Waals surface area contributed by atoms with Crippen LogP contribution < -0.4 is 0 Å². The topological polar surface area (TPSA) is 92.4 Å². The van der Waals surface area contributed by atoms with Crippen LogP contribution in [0.3, 0.4) is 0 Å². The number of carbonyl (C=O) groups is 2. The van der Waals surface area contributed by atoms with Crippen LogP contribution in [0.5, 0.6) is 0 Å². The van der Waals surface area contributed by atoms with Crippen molar-refractivity contribution in [2.75, 3.05) is 0 Å². The van der Waals surface area contributed by atoms with E-state index in [-0.39, 0.29) is 11.3 Å². The molecule has 0 unspecified atom stereocenters. The molecule has 0 bridgehead atoms. The molecule has 0 radical (unpaired) electrons. The minimum Gasteiger partial charge on any atom is -0.478 e. The first kappa shape index (κ1) is 20.3. The molecular weight excluding hydrogens is 392 g/mol. The predicted octanol–water partition coefficient (Wildman–Crippen LogP) is 5.02. The summed E-state index contributed by atoms with van der Waals surface area (Å²) in [6.45, 7) is 4.50. The Labute approximate surface area is 179 Å². The van der Waals surface area contributed by atoms with Crippen molar-refractivity contribution >= 4 is 23.0 Å². The molecule has 6 heteroatoms. The number of hydrogen-bond donors (Lipinski definition) is 2. The quantitative estimate of drug-likeness (QED) is 0.462. The van der Waals surface area contributed by atoms with Crippen molar-refractivity contribution < 1.29 is 19.8 Å². The smallest absolute Gasteiger partial charge is 0.354 e. The molecule has 0 spiro atoms. The van der Waals surface area contributed by atoms with Crippen molar-refractivity contribution in [3.05, 3.63) is 88.7 Å². The Balaban J connectivity index is 1.73. The number of fused-ring (bicyclic) bond motifs is 1. The zero-order valence-electron chi connectivity index (χ0n) is 17.3. The summed E-state index contributed by atoms with van der Waals surface area (Å²) in [6, 6.07) is 18.4. The van der Waals surface area contributed by atoms with Gasteiger partial charge in [0.25, 0.3) is 0 Å². The van der Waals surface area contributed by atoms with Gasteiger partial charge in [0.15, 0.2) is 5.69 Å². The zero-order chi connectivity index (χ0) is 22.1. The lowest BCUT2D eigenvalue weighted by molar-refractivity contribution is 0.0683. The molecule has 0 aliphatic rings. The van der Waals surface area contributed by atoms with Gasteiger partial charge < -0.3 is 14.8 Å². The molecule has 0 amide bonds. The molecule has 0 saturated heterocycles. The van der Waals surface area contributed by atoms with Gasteiger partial charge in [0.05, 0.1) is 5.56 Å². The van der Waals surface area contributed by atoms with Crippen LogP contribution >= 0.6 is 0 Å². The average molecular weight is 414 g/mol. The van der Waals surface area contributed by atoms with E-state index in [1.54, 1.807) is 24.3 Å². The first-order valence-electron chi connectivity index (χ1n) is 10.0. The van der Waals surface area contributed by atoms with Crippen molar-refractivity contribution in [1.82, 2.24) is 9.55 Å². The van der Waals surface area contributed by atoms with Gasteiger partial charge in [-0.05, 0) is 53.8 Å². The van der Waals surface area contributed by atoms with Crippen LogP contribution in [0.15, 0.2) is 60.7 Å². The molecule has 156 valence electrons. The maximum atomic E-state index is 11.5. The summed E-state index contributed by atoms with van der Waals surface area (Å²) in [5.74, 6) is -2.00. The van der Waals surface area contributed by atoms with Gasteiger partial charge in [-0.2, -0.15) is 0 Å². The molecule has 0 atom stereocenters. The predicted molar refractivity (Wildman–Crippen MR) is 119 cm³/mol. The van der Waals surface area contributed by atoms with Crippen LogP contribution in [0.25, 0.3) is 22.2 Å². The van der Waals surface area contributed by atoms with E-state index in [1.165, 1.54) is 0 Å². The van der Waals surface area contributed by atoms with Gasteiger partial charge in [-0.25, -0.2) is 14.6 Å². The fraction of sp³-hybridized carbons (Fsp3) is 0.160. The van der Waals surface area contributed by atoms with Gasteiger partial charge in [-0.15, -0.1) is 0 Å². The Morgan fingerprint density at radius 3 is 2.32 bits per heavy atom. The SMILES string of the molecule is CCc1cc2c(C)cc(C(=O)O)nc2n1Cc1ccc(-c2ccccc2C(=O)O)cc1. The monoisotopic (exact) mass is 414 g/mol. The highest BCUT2D eigenvalue weighted by atomic mass is 16.4. The summed E-state index contributed by atoms with van der Waals surface area (Å²) in [6.07, 6.45) is 0.794. The number of aromatic nitrogens is 2. The van der Waals surface area contributed by atoms with Crippen molar-refractivity contribution in [3.8, 4) is 11.1 Å². The van der Waals surface area contributed by atoms with Crippen molar-refractivity contribution in [2.45, 2.75) is 26.8 Å². The maximum Gasteiger partial charge on any atom is 0.354 e. The fourth-order valence-corrected chi connectivity index (χ4v) is 3.90. The van der Waals surface area contributed by atoms with E-state index >= 15 is 0 Å². The number of aromatic carboxylic acids is 2. The molecule has 0 aliphatic heterocycles. The molecule has 2 N–H and O–H groups in total. The number of benzene rings is 2. The highest BCUT2D eigenvalue weighted by Gasteiger charge is 2.16. The first-order chi connectivity index (χ1) is 14.9. The number of hydrogen-bond acceptors (Lipinski definition) is 3. The van der Waals surface area contributed by atoms with E-state index < -0.39 is 11.9 Å². The Morgan fingerprint density at radius 2 is 1.68 bits per heavy atom. The second-order valence-electron chi connectivity index (χ2n) is 7.49. The lowest BCUT2D eigenvalue weighted by Crippen LogP contribution is -2.07. The van der Waals surface area contributed by atoms with Crippen LogP contribution in [-0.4, -0.2) is 31.7 Å². The van der Waals surface area contributed by atoms with Crippen LogP contribution in [0.4, 0.5) is 0 Å². The Morgan fingerprint density at radius 1 is 0.968 bits per heavy atom. The van der Waals surface area contributed by atoms with E-state index in [1.807, 2.05) is 37.3 Å². The van der Waals surface area contributed by atoms with Gasteiger partial charge in [-0.3, -0.25) is 0 Å². The zero-order valence-corrected chi connectivity index (χ0v) is 17.3. The molecule has 0 saturated carbocycles. The summed E-state index contributed by atoms with van der Waals surface area (Å²) in [5.41, 5.74) is 5.44. The van der Waals surface area contributed by atoms with Gasteiger partial charge in [0.1, 0.15) is 5.65 Å². The fourth-order valence-electron chi connectivity index (χ4n) is 3.90. The number of carboxylic acid groups (broad SMARTS) is 2. The third-order valence-corrected chi connectivity index (χ3v) is 5.50. The molecule has 31 heavy (non-hydrogen) atoms. The molecule has 0 aliphatic carbocycles. The summed E-state index contributed by atoms with van der Waals surface area (Å²) in [5, 5.41) is 19.8. The van der Waals surface area contributed by atoms with Crippen LogP contribution in [0.1, 0.15) is 44.6 Å². The van der Waals surface area contributed by atoms with Crippen molar-refractivity contribution in [3.63, 3.8) is 0 Å². The molecule has 2 heterocycles. The van der Waals surface area contributed by atoms with Crippen molar-refractivity contribution in [1.29, 1.82) is 0 Å². The third-order valence-electron chi connectivity index (χ3n) is 5.50.